The van der Waals surface area contributed by atoms with Gasteiger partial charge in [0.05, 0.1) is 17.5 Å². The van der Waals surface area contributed by atoms with E-state index in [0.29, 0.717) is 0 Å². The highest BCUT2D eigenvalue weighted by molar-refractivity contribution is 9.10. The first-order valence-corrected chi connectivity index (χ1v) is 7.12. The molecular weight excluding hydrogens is 318 g/mol. The first-order chi connectivity index (χ1) is 9.65. The van der Waals surface area contributed by atoms with E-state index in [2.05, 4.69) is 25.9 Å². The van der Waals surface area contributed by atoms with Crippen molar-refractivity contribution in [3.05, 3.63) is 53.0 Å². The molecule has 0 N–H and O–H groups in total. The molecule has 4 nitrogen and oxygen atoms in total. The Labute approximate surface area is 125 Å². The topological polar surface area (TPSA) is 39.9 Å². The molecular formula is C15H14BrN3O. The number of pyridine rings is 1. The Balaban J connectivity index is 2.00. The smallest absolute Gasteiger partial charge is 0.147 e. The lowest BCUT2D eigenvalue weighted by atomic mass is 10.2. The fourth-order valence-electron chi connectivity index (χ4n) is 2.18. The predicted octanol–water partition coefficient (Wildman–Crippen LogP) is 3.87. The highest BCUT2D eigenvalue weighted by Crippen LogP contribution is 2.32. The first-order valence-electron chi connectivity index (χ1n) is 6.33. The van der Waals surface area contributed by atoms with Crippen molar-refractivity contribution in [1.82, 2.24) is 14.5 Å². The third-order valence-electron chi connectivity index (χ3n) is 3.15. The number of halogens is 1. The quantitative estimate of drug-likeness (QED) is 0.731. The number of imidazole rings is 1. The normalized spacial score (nSPS) is 12.6. The zero-order chi connectivity index (χ0) is 14.1. The standard InChI is InChI=1S/C15H14BrN3O/c1-10(12-5-3-4-6-17-12)20-14-8-11(16)7-13-15(14)19(2)9-18-13/h3-10H,1-2H3/t10-/m1/s1. The van der Waals surface area contributed by atoms with Gasteiger partial charge in [-0.1, -0.05) is 22.0 Å². The van der Waals surface area contributed by atoms with Gasteiger partial charge in [0.15, 0.2) is 0 Å². The van der Waals surface area contributed by atoms with Gasteiger partial charge in [-0.2, -0.15) is 0 Å². The molecule has 3 rings (SSSR count). The summed E-state index contributed by atoms with van der Waals surface area (Å²) < 4.78 is 8.99. The molecule has 102 valence electrons. The summed E-state index contributed by atoms with van der Waals surface area (Å²) >= 11 is 3.49. The molecule has 1 atom stereocenters. The van der Waals surface area contributed by atoms with E-state index in [0.717, 1.165) is 26.9 Å². The van der Waals surface area contributed by atoms with E-state index in [1.807, 2.05) is 48.9 Å². The van der Waals surface area contributed by atoms with E-state index in [1.54, 1.807) is 12.5 Å². The number of ether oxygens (including phenoxy) is 1. The number of hydrogen-bond acceptors (Lipinski definition) is 3. The van der Waals surface area contributed by atoms with Crippen LogP contribution in [-0.4, -0.2) is 14.5 Å². The van der Waals surface area contributed by atoms with Gasteiger partial charge in [0.1, 0.15) is 17.4 Å². The van der Waals surface area contributed by atoms with Gasteiger partial charge in [0.2, 0.25) is 0 Å². The van der Waals surface area contributed by atoms with Crippen LogP contribution in [0.2, 0.25) is 0 Å². The summed E-state index contributed by atoms with van der Waals surface area (Å²) in [6, 6.07) is 9.76. The van der Waals surface area contributed by atoms with Gasteiger partial charge in [-0.3, -0.25) is 4.98 Å². The maximum atomic E-state index is 6.08. The lowest BCUT2D eigenvalue weighted by molar-refractivity contribution is 0.224. The minimum absolute atomic E-state index is 0.122. The van der Waals surface area contributed by atoms with Crippen molar-refractivity contribution < 1.29 is 4.74 Å². The number of hydrogen-bond donors (Lipinski definition) is 0. The molecule has 0 bridgehead atoms. The minimum Gasteiger partial charge on any atom is -0.482 e. The molecule has 0 amide bonds. The van der Waals surface area contributed by atoms with Crippen molar-refractivity contribution in [2.75, 3.05) is 0 Å². The van der Waals surface area contributed by atoms with E-state index in [-0.39, 0.29) is 6.10 Å². The molecule has 0 aliphatic carbocycles. The van der Waals surface area contributed by atoms with Crippen molar-refractivity contribution in [2.24, 2.45) is 7.05 Å². The summed E-state index contributed by atoms with van der Waals surface area (Å²) in [5.74, 6) is 0.799. The van der Waals surface area contributed by atoms with Crippen LogP contribution in [0.25, 0.3) is 11.0 Å². The van der Waals surface area contributed by atoms with E-state index in [1.165, 1.54) is 0 Å². The molecule has 1 aromatic carbocycles. The molecule has 0 aliphatic heterocycles. The SMILES string of the molecule is C[C@@H](Oc1cc(Br)cc2ncn(C)c12)c1ccccn1. The fraction of sp³-hybridized carbons (Fsp3) is 0.200. The predicted molar refractivity (Wildman–Crippen MR) is 81.7 cm³/mol. The summed E-state index contributed by atoms with van der Waals surface area (Å²) in [5, 5.41) is 0. The summed E-state index contributed by atoms with van der Waals surface area (Å²) in [7, 11) is 1.96. The fourth-order valence-corrected chi connectivity index (χ4v) is 2.60. The second-order valence-corrected chi connectivity index (χ2v) is 5.56. The molecule has 0 unspecified atom stereocenters. The molecule has 2 heterocycles. The molecule has 0 fully saturated rings. The lowest BCUT2D eigenvalue weighted by Crippen LogP contribution is -2.06. The van der Waals surface area contributed by atoms with Gasteiger partial charge in [-0.15, -0.1) is 0 Å². The van der Waals surface area contributed by atoms with Gasteiger partial charge in [-0.05, 0) is 31.2 Å². The zero-order valence-electron chi connectivity index (χ0n) is 11.2. The molecule has 2 aromatic heterocycles. The van der Waals surface area contributed by atoms with E-state index >= 15 is 0 Å². The maximum absolute atomic E-state index is 6.08. The number of aryl methyl sites for hydroxylation is 1. The van der Waals surface area contributed by atoms with Crippen molar-refractivity contribution in [2.45, 2.75) is 13.0 Å². The average molecular weight is 332 g/mol. The largest absolute Gasteiger partial charge is 0.482 e. The van der Waals surface area contributed by atoms with E-state index in [9.17, 15) is 0 Å². The van der Waals surface area contributed by atoms with Gasteiger partial charge in [0, 0.05) is 17.7 Å². The van der Waals surface area contributed by atoms with Crippen LogP contribution in [0, 0.1) is 0 Å². The Morgan fingerprint density at radius 1 is 1.25 bits per heavy atom. The number of rotatable bonds is 3. The second kappa shape index (κ2) is 5.25. The molecule has 20 heavy (non-hydrogen) atoms. The molecule has 0 spiro atoms. The van der Waals surface area contributed by atoms with Gasteiger partial charge >= 0.3 is 0 Å². The lowest BCUT2D eigenvalue weighted by Gasteiger charge is -2.15. The van der Waals surface area contributed by atoms with Crippen LogP contribution in [0.4, 0.5) is 0 Å². The first kappa shape index (κ1) is 13.1. The molecule has 0 saturated heterocycles. The number of nitrogens with zero attached hydrogens (tertiary/aromatic N) is 3. The van der Waals surface area contributed by atoms with Gasteiger partial charge < -0.3 is 9.30 Å². The monoisotopic (exact) mass is 331 g/mol. The maximum Gasteiger partial charge on any atom is 0.147 e. The van der Waals surface area contributed by atoms with Crippen LogP contribution in [0.15, 0.2) is 47.3 Å². The zero-order valence-corrected chi connectivity index (χ0v) is 12.8. The van der Waals surface area contributed by atoms with Crippen molar-refractivity contribution >= 4 is 27.0 Å². The summed E-state index contributed by atoms with van der Waals surface area (Å²) in [4.78, 5) is 8.69. The van der Waals surface area contributed by atoms with Crippen LogP contribution in [-0.2, 0) is 7.05 Å². The number of aromatic nitrogens is 3. The molecule has 3 aromatic rings. The minimum atomic E-state index is -0.122. The molecule has 5 heteroatoms. The highest BCUT2D eigenvalue weighted by atomic mass is 79.9. The van der Waals surface area contributed by atoms with E-state index in [4.69, 9.17) is 4.74 Å². The summed E-state index contributed by atoms with van der Waals surface area (Å²) in [6.45, 7) is 1.99. The molecule has 0 aliphatic rings. The van der Waals surface area contributed by atoms with Crippen molar-refractivity contribution in [3.8, 4) is 5.75 Å². The Bertz CT molecular complexity index is 739. The van der Waals surface area contributed by atoms with Crippen LogP contribution in [0.1, 0.15) is 18.7 Å². The Kier molecular flexibility index (Phi) is 3.44. The van der Waals surface area contributed by atoms with Crippen molar-refractivity contribution in [3.63, 3.8) is 0 Å². The van der Waals surface area contributed by atoms with Crippen molar-refractivity contribution in [1.29, 1.82) is 0 Å². The van der Waals surface area contributed by atoms with Gasteiger partial charge in [0.25, 0.3) is 0 Å². The molecule has 0 saturated carbocycles. The Morgan fingerprint density at radius 3 is 2.85 bits per heavy atom. The third kappa shape index (κ3) is 2.41. The van der Waals surface area contributed by atoms with Crippen LogP contribution < -0.4 is 4.74 Å². The Hall–Kier alpha value is -1.88. The van der Waals surface area contributed by atoms with Gasteiger partial charge in [-0.25, -0.2) is 4.98 Å². The van der Waals surface area contributed by atoms with Crippen LogP contribution in [0.3, 0.4) is 0 Å². The number of fused-ring (bicyclic) bond motifs is 1. The van der Waals surface area contributed by atoms with Crippen LogP contribution >= 0.6 is 15.9 Å². The average Bonchev–Trinajstić information content (AvgIpc) is 2.81. The second-order valence-electron chi connectivity index (χ2n) is 4.64. The summed E-state index contributed by atoms with van der Waals surface area (Å²) in [5.41, 5.74) is 2.80. The third-order valence-corrected chi connectivity index (χ3v) is 3.61. The summed E-state index contributed by atoms with van der Waals surface area (Å²) in [6.07, 6.45) is 3.44. The Morgan fingerprint density at radius 2 is 2.10 bits per heavy atom. The van der Waals surface area contributed by atoms with Crippen LogP contribution in [0.5, 0.6) is 5.75 Å². The highest BCUT2D eigenvalue weighted by Gasteiger charge is 2.14. The van der Waals surface area contributed by atoms with E-state index < -0.39 is 0 Å². The number of benzene rings is 1. The molecule has 0 radical (unpaired) electrons.